The fraction of sp³-hybridized carbons (Fsp3) is 0.200. The lowest BCUT2D eigenvalue weighted by Crippen LogP contribution is -2.06. The van der Waals surface area contributed by atoms with Crippen molar-refractivity contribution in [3.05, 3.63) is 69.7 Å². The van der Waals surface area contributed by atoms with Crippen LogP contribution in [0.2, 0.25) is 0 Å². The highest BCUT2D eigenvalue weighted by Crippen LogP contribution is 2.26. The Morgan fingerprint density at radius 1 is 1.00 bits per heavy atom. The summed E-state index contributed by atoms with van der Waals surface area (Å²) in [6.45, 7) is 0. The topological polar surface area (TPSA) is 0 Å². The van der Waals surface area contributed by atoms with E-state index in [1.807, 2.05) is 0 Å². The summed E-state index contributed by atoms with van der Waals surface area (Å²) < 4.78 is 27.5. The van der Waals surface area contributed by atoms with Gasteiger partial charge in [0.1, 0.15) is 11.6 Å². The van der Waals surface area contributed by atoms with Crippen LogP contribution in [0.4, 0.5) is 8.78 Å². The van der Waals surface area contributed by atoms with E-state index in [2.05, 4.69) is 31.9 Å². The molecule has 0 nitrogen and oxygen atoms in total. The third-order valence-corrected chi connectivity index (χ3v) is 4.28. The van der Waals surface area contributed by atoms with Crippen molar-refractivity contribution in [1.82, 2.24) is 0 Å². The first-order valence-corrected chi connectivity index (χ1v) is 7.77. The smallest absolute Gasteiger partial charge is 0.126 e. The van der Waals surface area contributed by atoms with Crippen molar-refractivity contribution < 1.29 is 8.78 Å². The highest BCUT2D eigenvalue weighted by atomic mass is 79.9. The van der Waals surface area contributed by atoms with E-state index in [1.165, 1.54) is 18.2 Å². The molecule has 0 aliphatic rings. The maximum atomic E-state index is 13.7. The van der Waals surface area contributed by atoms with Crippen LogP contribution >= 0.6 is 31.9 Å². The summed E-state index contributed by atoms with van der Waals surface area (Å²) in [4.78, 5) is 0. The van der Waals surface area contributed by atoms with Crippen molar-refractivity contribution in [2.75, 3.05) is 5.33 Å². The van der Waals surface area contributed by atoms with Crippen molar-refractivity contribution in [3.63, 3.8) is 0 Å². The van der Waals surface area contributed by atoms with Crippen LogP contribution in [0.1, 0.15) is 17.0 Å². The minimum absolute atomic E-state index is 0.115. The summed E-state index contributed by atoms with van der Waals surface area (Å²) in [5.74, 6) is -0.355. The number of hydrogen-bond acceptors (Lipinski definition) is 0. The molecule has 100 valence electrons. The average Bonchev–Trinajstić information content (AvgIpc) is 2.41. The Labute approximate surface area is 128 Å². The summed E-state index contributed by atoms with van der Waals surface area (Å²) in [6, 6.07) is 11.3. The first kappa shape index (κ1) is 14.7. The lowest BCUT2D eigenvalue weighted by molar-refractivity contribution is 0.597. The Morgan fingerprint density at radius 3 is 2.32 bits per heavy atom. The first-order chi connectivity index (χ1) is 9.10. The van der Waals surface area contributed by atoms with E-state index in [1.54, 1.807) is 24.3 Å². The molecule has 1 unspecified atom stereocenters. The summed E-state index contributed by atoms with van der Waals surface area (Å²) in [5.41, 5.74) is 1.65. The zero-order valence-corrected chi connectivity index (χ0v) is 13.2. The lowest BCUT2D eigenvalue weighted by atomic mass is 9.93. The highest BCUT2D eigenvalue weighted by Gasteiger charge is 2.14. The molecule has 0 aliphatic carbocycles. The predicted octanol–water partition coefficient (Wildman–Crippen LogP) is 5.45. The molecule has 1 atom stereocenters. The molecule has 0 N–H and O–H groups in total. The van der Waals surface area contributed by atoms with Gasteiger partial charge in [0.15, 0.2) is 0 Å². The maximum Gasteiger partial charge on any atom is 0.126 e. The van der Waals surface area contributed by atoms with Crippen LogP contribution in [0.3, 0.4) is 0 Å². The number of hydrogen-bond donors (Lipinski definition) is 0. The van der Waals surface area contributed by atoms with Crippen molar-refractivity contribution in [2.24, 2.45) is 0 Å². The Balaban J connectivity index is 2.23. The standard InChI is InChI=1S/C15H12Br2F2/c16-9-12(10-1-4-14(18)5-2-10)7-11-8-13(17)3-6-15(11)19/h1-6,8,12H,7,9H2. The molecule has 0 aliphatic heterocycles. The van der Waals surface area contributed by atoms with Crippen LogP contribution in [-0.2, 0) is 6.42 Å². The molecule has 0 amide bonds. The normalized spacial score (nSPS) is 12.4. The van der Waals surface area contributed by atoms with Gasteiger partial charge in [-0.3, -0.25) is 0 Å². The highest BCUT2D eigenvalue weighted by molar-refractivity contribution is 9.10. The molecular formula is C15H12Br2F2. The second kappa shape index (κ2) is 6.62. The van der Waals surface area contributed by atoms with Crippen LogP contribution in [0.15, 0.2) is 46.9 Å². The minimum atomic E-state index is -0.259. The summed E-state index contributed by atoms with van der Waals surface area (Å²) >= 11 is 6.79. The summed E-state index contributed by atoms with van der Waals surface area (Å²) in [7, 11) is 0. The minimum Gasteiger partial charge on any atom is -0.207 e. The Bertz CT molecular complexity index is 553. The van der Waals surface area contributed by atoms with E-state index in [4.69, 9.17) is 0 Å². The molecule has 0 spiro atoms. The van der Waals surface area contributed by atoms with Crippen LogP contribution in [-0.4, -0.2) is 5.33 Å². The molecule has 0 fully saturated rings. The van der Waals surface area contributed by atoms with Crippen LogP contribution in [0.25, 0.3) is 0 Å². The molecule has 0 bridgehead atoms. The van der Waals surface area contributed by atoms with Gasteiger partial charge in [-0.2, -0.15) is 0 Å². The van der Waals surface area contributed by atoms with Gasteiger partial charge in [-0.1, -0.05) is 44.0 Å². The van der Waals surface area contributed by atoms with Gasteiger partial charge in [0.2, 0.25) is 0 Å². The Morgan fingerprint density at radius 2 is 1.68 bits per heavy atom. The molecule has 0 saturated heterocycles. The molecule has 2 aromatic rings. The van der Waals surface area contributed by atoms with Crippen molar-refractivity contribution in [3.8, 4) is 0 Å². The molecule has 4 heteroatoms. The lowest BCUT2D eigenvalue weighted by Gasteiger charge is -2.15. The third-order valence-electron chi connectivity index (χ3n) is 3.00. The van der Waals surface area contributed by atoms with E-state index in [9.17, 15) is 8.78 Å². The molecule has 0 aromatic heterocycles. The third kappa shape index (κ3) is 3.86. The molecule has 0 heterocycles. The van der Waals surface area contributed by atoms with E-state index in [0.29, 0.717) is 17.3 Å². The maximum absolute atomic E-state index is 13.7. The van der Waals surface area contributed by atoms with Gasteiger partial charge < -0.3 is 0 Å². The van der Waals surface area contributed by atoms with Crippen molar-refractivity contribution >= 4 is 31.9 Å². The van der Waals surface area contributed by atoms with Crippen LogP contribution in [0.5, 0.6) is 0 Å². The number of benzene rings is 2. The predicted molar refractivity (Wildman–Crippen MR) is 80.7 cm³/mol. The Kier molecular flexibility index (Phi) is 5.11. The van der Waals surface area contributed by atoms with Gasteiger partial charge in [0, 0.05) is 9.80 Å². The second-order valence-electron chi connectivity index (χ2n) is 4.34. The first-order valence-electron chi connectivity index (χ1n) is 5.85. The van der Waals surface area contributed by atoms with Gasteiger partial charge >= 0.3 is 0 Å². The zero-order chi connectivity index (χ0) is 13.8. The molecule has 2 rings (SSSR count). The van der Waals surface area contributed by atoms with Crippen molar-refractivity contribution in [1.29, 1.82) is 0 Å². The molecule has 0 radical (unpaired) electrons. The number of halogens is 4. The molecule has 2 aromatic carbocycles. The van der Waals surface area contributed by atoms with Gasteiger partial charge in [-0.15, -0.1) is 0 Å². The average molecular weight is 390 g/mol. The van der Waals surface area contributed by atoms with Crippen LogP contribution in [0, 0.1) is 11.6 Å². The van der Waals surface area contributed by atoms with Gasteiger partial charge in [0.25, 0.3) is 0 Å². The van der Waals surface area contributed by atoms with E-state index < -0.39 is 0 Å². The van der Waals surface area contributed by atoms with Gasteiger partial charge in [0.05, 0.1) is 0 Å². The largest absolute Gasteiger partial charge is 0.207 e. The molecular weight excluding hydrogens is 378 g/mol. The zero-order valence-electron chi connectivity index (χ0n) is 10.0. The monoisotopic (exact) mass is 388 g/mol. The Hall–Kier alpha value is -0.740. The number of rotatable bonds is 4. The summed E-state index contributed by atoms with van der Waals surface area (Å²) in [6.07, 6.45) is 0.572. The quantitative estimate of drug-likeness (QED) is 0.610. The summed E-state index contributed by atoms with van der Waals surface area (Å²) in [5, 5.41) is 0.699. The molecule has 19 heavy (non-hydrogen) atoms. The number of alkyl halides is 1. The van der Waals surface area contributed by atoms with E-state index in [0.717, 1.165) is 10.0 Å². The molecule has 0 saturated carbocycles. The van der Waals surface area contributed by atoms with E-state index in [-0.39, 0.29) is 17.6 Å². The fourth-order valence-corrected chi connectivity index (χ4v) is 2.97. The fourth-order valence-electron chi connectivity index (χ4n) is 1.96. The van der Waals surface area contributed by atoms with Crippen molar-refractivity contribution in [2.45, 2.75) is 12.3 Å². The van der Waals surface area contributed by atoms with Gasteiger partial charge in [-0.25, -0.2) is 8.78 Å². The van der Waals surface area contributed by atoms with Gasteiger partial charge in [-0.05, 0) is 53.8 Å². The van der Waals surface area contributed by atoms with E-state index >= 15 is 0 Å². The second-order valence-corrected chi connectivity index (χ2v) is 5.91. The van der Waals surface area contributed by atoms with Crippen LogP contribution < -0.4 is 0 Å². The SMILES string of the molecule is Fc1ccc(C(CBr)Cc2cc(Br)ccc2F)cc1.